The lowest BCUT2D eigenvalue weighted by molar-refractivity contribution is -0.112. The van der Waals surface area contributed by atoms with Crippen LogP contribution in [0.1, 0.15) is 20.8 Å². The maximum atomic E-state index is 10.6. The van der Waals surface area contributed by atoms with Crippen LogP contribution in [0.25, 0.3) is 0 Å². The molecule has 0 aromatic rings. The van der Waals surface area contributed by atoms with E-state index in [-0.39, 0.29) is 0 Å². The maximum absolute atomic E-state index is 10.6. The summed E-state index contributed by atoms with van der Waals surface area (Å²) in [6.45, 7) is 9.04. The van der Waals surface area contributed by atoms with Gasteiger partial charge in [0.25, 0.3) is 0 Å². The number of carbonyl (C=O) groups is 1. The molecule has 0 atom stereocenters. The molecule has 3 nitrogen and oxygen atoms in total. The Kier molecular flexibility index (Phi) is 3.67. The van der Waals surface area contributed by atoms with Crippen LogP contribution in [-0.4, -0.2) is 24.1 Å². The average Bonchev–Trinajstić information content (AvgIpc) is 2.04. The third-order valence-electron chi connectivity index (χ3n) is 1.80. The molecule has 0 aliphatic heterocycles. The second-order valence-corrected chi connectivity index (χ2v) is 3.28. The lowest BCUT2D eigenvalue weighted by atomic mass is 9.90. The van der Waals surface area contributed by atoms with Gasteiger partial charge in [0.15, 0.2) is 0 Å². The van der Waals surface area contributed by atoms with Crippen LogP contribution in [0.5, 0.6) is 0 Å². The SMILES string of the molecule is C=CN(C)/N=C(\C)C(C)(C)C=O. The molecular weight excluding hydrogens is 152 g/mol. The van der Waals surface area contributed by atoms with Crippen molar-refractivity contribution in [2.24, 2.45) is 10.5 Å². The van der Waals surface area contributed by atoms with Crippen LogP contribution in [0, 0.1) is 5.41 Å². The van der Waals surface area contributed by atoms with Crippen molar-refractivity contribution in [2.75, 3.05) is 7.05 Å². The molecule has 0 spiro atoms. The summed E-state index contributed by atoms with van der Waals surface area (Å²) < 4.78 is 0. The van der Waals surface area contributed by atoms with Crippen LogP contribution in [0.15, 0.2) is 17.9 Å². The number of nitrogens with zero attached hydrogens (tertiary/aromatic N) is 2. The number of hydrogen-bond donors (Lipinski definition) is 0. The third kappa shape index (κ3) is 2.86. The highest BCUT2D eigenvalue weighted by molar-refractivity contribution is 5.99. The number of hydrazone groups is 1. The summed E-state index contributed by atoms with van der Waals surface area (Å²) >= 11 is 0. The summed E-state index contributed by atoms with van der Waals surface area (Å²) in [5.74, 6) is 0. The van der Waals surface area contributed by atoms with Gasteiger partial charge in [0.2, 0.25) is 0 Å². The van der Waals surface area contributed by atoms with Crippen LogP contribution < -0.4 is 0 Å². The van der Waals surface area contributed by atoms with Gasteiger partial charge in [0.05, 0.1) is 5.41 Å². The molecule has 0 aliphatic carbocycles. The highest BCUT2D eigenvalue weighted by atomic mass is 16.1. The molecule has 0 unspecified atom stereocenters. The Morgan fingerprint density at radius 1 is 1.58 bits per heavy atom. The zero-order valence-electron chi connectivity index (χ0n) is 8.16. The van der Waals surface area contributed by atoms with Gasteiger partial charge in [0.1, 0.15) is 6.29 Å². The maximum Gasteiger partial charge on any atom is 0.131 e. The van der Waals surface area contributed by atoms with Crippen molar-refractivity contribution >= 4 is 12.0 Å². The number of rotatable bonds is 4. The van der Waals surface area contributed by atoms with Gasteiger partial charge in [-0.25, -0.2) is 0 Å². The van der Waals surface area contributed by atoms with Gasteiger partial charge in [-0.05, 0) is 20.8 Å². The van der Waals surface area contributed by atoms with Crippen LogP contribution >= 0.6 is 0 Å². The van der Waals surface area contributed by atoms with Crippen molar-refractivity contribution in [3.05, 3.63) is 12.8 Å². The molecule has 0 aliphatic rings. The lowest BCUT2D eigenvalue weighted by Crippen LogP contribution is -2.25. The predicted octanol–water partition coefficient (Wildman–Crippen LogP) is 1.66. The third-order valence-corrected chi connectivity index (χ3v) is 1.80. The van der Waals surface area contributed by atoms with Crippen LogP contribution in [-0.2, 0) is 4.79 Å². The zero-order valence-corrected chi connectivity index (χ0v) is 8.16. The van der Waals surface area contributed by atoms with E-state index in [0.717, 1.165) is 12.0 Å². The second-order valence-electron chi connectivity index (χ2n) is 3.28. The first-order chi connectivity index (χ1) is 5.44. The van der Waals surface area contributed by atoms with Crippen molar-refractivity contribution in [3.63, 3.8) is 0 Å². The van der Waals surface area contributed by atoms with Gasteiger partial charge in [-0.3, -0.25) is 5.01 Å². The Hall–Kier alpha value is -1.12. The van der Waals surface area contributed by atoms with Crippen molar-refractivity contribution in [1.29, 1.82) is 0 Å². The molecule has 0 radical (unpaired) electrons. The molecule has 0 amide bonds. The Morgan fingerprint density at radius 2 is 2.08 bits per heavy atom. The van der Waals surface area contributed by atoms with Crippen LogP contribution in [0.4, 0.5) is 0 Å². The molecule has 12 heavy (non-hydrogen) atoms. The quantitative estimate of drug-likeness (QED) is 0.363. The number of hydrogen-bond acceptors (Lipinski definition) is 3. The molecule has 0 aromatic heterocycles. The topological polar surface area (TPSA) is 32.7 Å². The monoisotopic (exact) mass is 168 g/mol. The van der Waals surface area contributed by atoms with E-state index in [1.165, 1.54) is 0 Å². The predicted molar refractivity (Wildman–Crippen MR) is 50.9 cm³/mol. The van der Waals surface area contributed by atoms with E-state index in [9.17, 15) is 4.79 Å². The summed E-state index contributed by atoms with van der Waals surface area (Å²) in [7, 11) is 1.78. The highest BCUT2D eigenvalue weighted by Gasteiger charge is 2.20. The lowest BCUT2D eigenvalue weighted by Gasteiger charge is -2.18. The van der Waals surface area contributed by atoms with Gasteiger partial charge in [0, 0.05) is 19.0 Å². The van der Waals surface area contributed by atoms with E-state index < -0.39 is 5.41 Å². The van der Waals surface area contributed by atoms with E-state index in [2.05, 4.69) is 11.7 Å². The normalized spacial score (nSPS) is 12.5. The van der Waals surface area contributed by atoms with E-state index >= 15 is 0 Å². The summed E-state index contributed by atoms with van der Waals surface area (Å²) in [6.07, 6.45) is 2.48. The minimum atomic E-state index is -0.489. The average molecular weight is 168 g/mol. The van der Waals surface area contributed by atoms with Crippen molar-refractivity contribution in [2.45, 2.75) is 20.8 Å². The molecule has 0 N–H and O–H groups in total. The molecular formula is C9H16N2O. The molecule has 0 bridgehead atoms. The van der Waals surface area contributed by atoms with Gasteiger partial charge < -0.3 is 4.79 Å². The van der Waals surface area contributed by atoms with Crippen LogP contribution in [0.2, 0.25) is 0 Å². The van der Waals surface area contributed by atoms with Crippen LogP contribution in [0.3, 0.4) is 0 Å². The van der Waals surface area contributed by atoms with E-state index in [1.54, 1.807) is 18.3 Å². The minimum Gasteiger partial charge on any atom is -0.302 e. The summed E-state index contributed by atoms with van der Waals surface area (Å²) in [4.78, 5) is 10.6. The fraction of sp³-hybridized carbons (Fsp3) is 0.556. The fourth-order valence-corrected chi connectivity index (χ4v) is 0.492. The van der Waals surface area contributed by atoms with Crippen molar-refractivity contribution < 1.29 is 4.79 Å². The van der Waals surface area contributed by atoms with Gasteiger partial charge in [-0.2, -0.15) is 5.10 Å². The summed E-state index contributed by atoms with van der Waals surface area (Å²) in [6, 6.07) is 0. The molecule has 0 heterocycles. The molecule has 0 rings (SSSR count). The fourth-order valence-electron chi connectivity index (χ4n) is 0.492. The van der Waals surface area contributed by atoms with Gasteiger partial charge in [-0.15, -0.1) is 0 Å². The number of carbonyl (C=O) groups excluding carboxylic acids is 1. The van der Waals surface area contributed by atoms with E-state index in [1.807, 2.05) is 20.8 Å². The first-order valence-electron chi connectivity index (χ1n) is 3.81. The second kappa shape index (κ2) is 4.04. The first-order valence-corrected chi connectivity index (χ1v) is 3.81. The van der Waals surface area contributed by atoms with E-state index in [4.69, 9.17) is 0 Å². The Bertz CT molecular complexity index is 207. The molecule has 0 aromatic carbocycles. The summed E-state index contributed by atoms with van der Waals surface area (Å²) in [5, 5.41) is 5.72. The van der Waals surface area contributed by atoms with E-state index in [0.29, 0.717) is 0 Å². The number of aldehydes is 1. The van der Waals surface area contributed by atoms with Crippen molar-refractivity contribution in [3.8, 4) is 0 Å². The van der Waals surface area contributed by atoms with Gasteiger partial charge in [-0.1, -0.05) is 6.58 Å². The molecule has 68 valence electrons. The Morgan fingerprint density at radius 3 is 2.42 bits per heavy atom. The minimum absolute atomic E-state index is 0.489. The Labute approximate surface area is 73.8 Å². The highest BCUT2D eigenvalue weighted by Crippen LogP contribution is 2.13. The zero-order chi connectivity index (χ0) is 9.78. The summed E-state index contributed by atoms with van der Waals surface area (Å²) in [5.41, 5.74) is 0.289. The first kappa shape index (κ1) is 10.9. The smallest absolute Gasteiger partial charge is 0.131 e. The van der Waals surface area contributed by atoms with Crippen molar-refractivity contribution in [1.82, 2.24) is 5.01 Å². The molecule has 0 saturated heterocycles. The van der Waals surface area contributed by atoms with Gasteiger partial charge >= 0.3 is 0 Å². The molecule has 0 fully saturated rings. The molecule has 0 saturated carbocycles. The molecule has 3 heteroatoms. The Balaban J connectivity index is 4.56. The standard InChI is InChI=1S/C9H16N2O/c1-6-11(5)10-8(2)9(3,4)7-12/h6-7H,1H2,2-5H3/b10-8+. The largest absolute Gasteiger partial charge is 0.302 e.